The molecule has 2 aromatic carbocycles. The topological polar surface area (TPSA) is 9.23 Å². The fraction of sp³-hybridized carbons (Fsp3) is 0.143. The van der Waals surface area contributed by atoms with Gasteiger partial charge < -0.3 is 4.74 Å². The Morgan fingerprint density at radius 2 is 1.68 bits per heavy atom. The van der Waals surface area contributed by atoms with E-state index < -0.39 is 0 Å². The number of hydrogen-bond acceptors (Lipinski definition) is 1. The quantitative estimate of drug-likeness (QED) is 0.529. The maximum atomic E-state index is 6.04. The molecule has 1 nitrogen and oxygen atoms in total. The first kappa shape index (κ1) is 15.2. The molecule has 0 fully saturated rings. The van der Waals surface area contributed by atoms with Crippen LogP contribution in [0.4, 0.5) is 0 Å². The number of alkyl halides is 1. The van der Waals surface area contributed by atoms with Gasteiger partial charge in [0.25, 0.3) is 0 Å². The number of benzene rings is 2. The molecule has 5 heteroatoms. The first-order chi connectivity index (χ1) is 9.01. The second kappa shape index (κ2) is 6.49. The van der Waals surface area contributed by atoms with E-state index in [1.165, 1.54) is 0 Å². The van der Waals surface area contributed by atoms with Gasteiger partial charge in [-0.25, -0.2) is 0 Å². The van der Waals surface area contributed by atoms with Crippen molar-refractivity contribution in [2.24, 2.45) is 0 Å². The SMILES string of the molecule is COc1ccc(Br)cc1C(Br)c1cc(Cl)cc(Cl)c1. The number of rotatable bonds is 3. The fourth-order valence-corrected chi connectivity index (χ4v) is 3.35. The summed E-state index contributed by atoms with van der Waals surface area (Å²) in [4.78, 5) is -0.0452. The lowest BCUT2D eigenvalue weighted by Gasteiger charge is -2.15. The molecular weight excluding hydrogens is 415 g/mol. The lowest BCUT2D eigenvalue weighted by atomic mass is 10.0. The standard InChI is InChI=1S/C14H10Br2Cl2O/c1-19-13-3-2-9(15)6-12(13)14(16)8-4-10(17)7-11(18)5-8/h2-7,14H,1H3. The minimum atomic E-state index is -0.0452. The summed E-state index contributed by atoms with van der Waals surface area (Å²) in [5.74, 6) is 0.807. The molecule has 1 atom stereocenters. The normalized spacial score (nSPS) is 12.3. The van der Waals surface area contributed by atoms with Crippen molar-refractivity contribution in [1.82, 2.24) is 0 Å². The number of halogens is 4. The molecule has 0 amide bonds. The minimum Gasteiger partial charge on any atom is -0.496 e. The highest BCUT2D eigenvalue weighted by Crippen LogP contribution is 2.39. The minimum absolute atomic E-state index is 0.0452. The highest BCUT2D eigenvalue weighted by molar-refractivity contribution is 9.10. The van der Waals surface area contributed by atoms with Crippen LogP contribution in [0.2, 0.25) is 10.0 Å². The molecule has 0 saturated heterocycles. The van der Waals surface area contributed by atoms with E-state index in [0.717, 1.165) is 21.3 Å². The van der Waals surface area contributed by atoms with Gasteiger partial charge in [-0.15, -0.1) is 0 Å². The number of hydrogen-bond donors (Lipinski definition) is 0. The summed E-state index contributed by atoms with van der Waals surface area (Å²) in [7, 11) is 1.65. The molecule has 0 bridgehead atoms. The Hall–Kier alpha value is -0.220. The van der Waals surface area contributed by atoms with Gasteiger partial charge in [0, 0.05) is 20.1 Å². The largest absolute Gasteiger partial charge is 0.496 e. The zero-order valence-corrected chi connectivity index (χ0v) is 14.6. The van der Waals surface area contributed by atoms with Gasteiger partial charge in [-0.05, 0) is 42.0 Å². The van der Waals surface area contributed by atoms with Gasteiger partial charge >= 0.3 is 0 Å². The zero-order chi connectivity index (χ0) is 14.0. The summed E-state index contributed by atoms with van der Waals surface area (Å²) in [5, 5.41) is 1.22. The Kier molecular flexibility index (Phi) is 5.18. The van der Waals surface area contributed by atoms with Gasteiger partial charge in [0.15, 0.2) is 0 Å². The van der Waals surface area contributed by atoms with Crippen molar-refractivity contribution in [3.8, 4) is 5.75 Å². The lowest BCUT2D eigenvalue weighted by Crippen LogP contribution is -1.97. The van der Waals surface area contributed by atoms with Crippen LogP contribution in [0.25, 0.3) is 0 Å². The van der Waals surface area contributed by atoms with Crippen LogP contribution in [-0.2, 0) is 0 Å². The van der Waals surface area contributed by atoms with Crippen LogP contribution >= 0.6 is 55.1 Å². The van der Waals surface area contributed by atoms with Crippen molar-refractivity contribution in [1.29, 1.82) is 0 Å². The van der Waals surface area contributed by atoms with Gasteiger partial charge in [-0.2, -0.15) is 0 Å². The maximum Gasteiger partial charge on any atom is 0.123 e. The summed E-state index contributed by atoms with van der Waals surface area (Å²) < 4.78 is 6.37. The predicted octanol–water partition coefficient (Wildman–Crippen LogP) is 6.25. The molecule has 0 radical (unpaired) electrons. The van der Waals surface area contributed by atoms with Gasteiger partial charge in [0.05, 0.1) is 11.9 Å². The van der Waals surface area contributed by atoms with Crippen molar-refractivity contribution in [3.63, 3.8) is 0 Å². The maximum absolute atomic E-state index is 6.04. The Morgan fingerprint density at radius 1 is 1.05 bits per heavy atom. The van der Waals surface area contributed by atoms with Gasteiger partial charge in [0.2, 0.25) is 0 Å². The van der Waals surface area contributed by atoms with Crippen LogP contribution in [0.5, 0.6) is 5.75 Å². The van der Waals surface area contributed by atoms with E-state index >= 15 is 0 Å². The fourth-order valence-electron chi connectivity index (χ4n) is 1.80. The van der Waals surface area contributed by atoms with E-state index in [4.69, 9.17) is 27.9 Å². The van der Waals surface area contributed by atoms with E-state index in [9.17, 15) is 0 Å². The summed E-state index contributed by atoms with van der Waals surface area (Å²) in [6.07, 6.45) is 0. The van der Waals surface area contributed by atoms with Crippen molar-refractivity contribution < 1.29 is 4.74 Å². The van der Waals surface area contributed by atoms with Gasteiger partial charge in [0.1, 0.15) is 5.75 Å². The predicted molar refractivity (Wildman–Crippen MR) is 87.9 cm³/mol. The van der Waals surface area contributed by atoms with E-state index in [-0.39, 0.29) is 4.83 Å². The Labute approximate surface area is 139 Å². The average molecular weight is 425 g/mol. The molecule has 2 aromatic rings. The smallest absolute Gasteiger partial charge is 0.123 e. The molecule has 2 rings (SSSR count). The van der Waals surface area contributed by atoms with Crippen LogP contribution in [-0.4, -0.2) is 7.11 Å². The molecule has 100 valence electrons. The third-order valence-electron chi connectivity index (χ3n) is 2.64. The molecule has 0 saturated carbocycles. The first-order valence-electron chi connectivity index (χ1n) is 5.44. The van der Waals surface area contributed by atoms with Gasteiger partial charge in [-0.1, -0.05) is 55.1 Å². The molecular formula is C14H10Br2Cl2O. The third kappa shape index (κ3) is 3.66. The van der Waals surface area contributed by atoms with Crippen LogP contribution < -0.4 is 4.74 Å². The second-order valence-electron chi connectivity index (χ2n) is 3.95. The molecule has 0 N–H and O–H groups in total. The molecule has 1 unspecified atom stereocenters. The Balaban J connectivity index is 2.48. The van der Waals surface area contributed by atoms with Crippen molar-refractivity contribution in [2.45, 2.75) is 4.83 Å². The van der Waals surface area contributed by atoms with Crippen molar-refractivity contribution in [3.05, 3.63) is 62.0 Å². The van der Waals surface area contributed by atoms with Gasteiger partial charge in [-0.3, -0.25) is 0 Å². The van der Waals surface area contributed by atoms with Crippen LogP contribution in [0.3, 0.4) is 0 Å². The lowest BCUT2D eigenvalue weighted by molar-refractivity contribution is 0.410. The van der Waals surface area contributed by atoms with Crippen LogP contribution in [0.1, 0.15) is 16.0 Å². The van der Waals surface area contributed by atoms with E-state index in [2.05, 4.69) is 31.9 Å². The van der Waals surface area contributed by atoms with Crippen molar-refractivity contribution in [2.75, 3.05) is 7.11 Å². The molecule has 0 spiro atoms. The molecule has 19 heavy (non-hydrogen) atoms. The molecule has 0 aliphatic heterocycles. The second-order valence-corrected chi connectivity index (χ2v) is 6.66. The van der Waals surface area contributed by atoms with E-state index in [0.29, 0.717) is 10.0 Å². The summed E-state index contributed by atoms with van der Waals surface area (Å²) in [5.41, 5.74) is 1.99. The third-order valence-corrected chi connectivity index (χ3v) is 4.59. The zero-order valence-electron chi connectivity index (χ0n) is 9.96. The summed E-state index contributed by atoms with van der Waals surface area (Å²) in [6, 6.07) is 11.3. The highest BCUT2D eigenvalue weighted by Gasteiger charge is 2.16. The highest BCUT2D eigenvalue weighted by atomic mass is 79.9. The van der Waals surface area contributed by atoms with Crippen LogP contribution in [0.15, 0.2) is 40.9 Å². The molecule has 0 aromatic heterocycles. The van der Waals surface area contributed by atoms with Crippen molar-refractivity contribution >= 4 is 55.1 Å². The molecule has 0 aliphatic rings. The monoisotopic (exact) mass is 422 g/mol. The first-order valence-corrected chi connectivity index (χ1v) is 7.91. The number of methoxy groups -OCH3 is 1. The summed E-state index contributed by atoms with van der Waals surface area (Å²) in [6.45, 7) is 0. The Morgan fingerprint density at radius 3 is 2.26 bits per heavy atom. The average Bonchev–Trinajstić information content (AvgIpc) is 2.36. The summed E-state index contributed by atoms with van der Waals surface area (Å²) >= 11 is 19.2. The molecule has 0 heterocycles. The van der Waals surface area contributed by atoms with E-state index in [1.807, 2.05) is 30.3 Å². The van der Waals surface area contributed by atoms with E-state index in [1.54, 1.807) is 13.2 Å². The van der Waals surface area contributed by atoms with Crippen LogP contribution in [0, 0.1) is 0 Å². The molecule has 0 aliphatic carbocycles. The Bertz CT molecular complexity index is 582. The number of ether oxygens (including phenoxy) is 1.